The minimum Gasteiger partial charge on any atom is -0.341 e. The van der Waals surface area contributed by atoms with Gasteiger partial charge in [-0.1, -0.05) is 13.3 Å². The number of aromatic nitrogens is 2. The molecule has 0 radical (unpaired) electrons. The van der Waals surface area contributed by atoms with Crippen LogP contribution in [0.1, 0.15) is 31.7 Å². The quantitative estimate of drug-likeness (QED) is 0.859. The SMILES string of the molecule is CCCc1cnc(N(C)C2CCNCC2)nc1. The molecule has 1 aromatic rings. The van der Waals surface area contributed by atoms with Gasteiger partial charge in [0.15, 0.2) is 0 Å². The first-order valence-electron chi connectivity index (χ1n) is 6.55. The summed E-state index contributed by atoms with van der Waals surface area (Å²) < 4.78 is 0. The third-order valence-electron chi connectivity index (χ3n) is 3.40. The average molecular weight is 234 g/mol. The molecule has 0 amide bonds. The van der Waals surface area contributed by atoms with Gasteiger partial charge in [0.05, 0.1) is 0 Å². The molecule has 0 aromatic carbocycles. The standard InChI is InChI=1S/C13H22N4/c1-3-4-11-9-15-13(16-10-11)17(2)12-5-7-14-8-6-12/h9-10,12,14H,3-8H2,1-2H3. The van der Waals surface area contributed by atoms with Gasteiger partial charge in [0.2, 0.25) is 5.95 Å². The van der Waals surface area contributed by atoms with E-state index in [0.717, 1.165) is 31.9 Å². The van der Waals surface area contributed by atoms with Crippen LogP contribution in [0.25, 0.3) is 0 Å². The van der Waals surface area contributed by atoms with Crippen LogP contribution in [0.5, 0.6) is 0 Å². The molecule has 2 heterocycles. The number of hydrogen-bond acceptors (Lipinski definition) is 4. The summed E-state index contributed by atoms with van der Waals surface area (Å²) in [5.74, 6) is 0.858. The molecular formula is C13H22N4. The number of aryl methyl sites for hydroxylation is 1. The van der Waals surface area contributed by atoms with Gasteiger partial charge in [-0.05, 0) is 37.9 Å². The van der Waals surface area contributed by atoms with E-state index in [1.807, 2.05) is 12.4 Å². The summed E-state index contributed by atoms with van der Waals surface area (Å²) in [5.41, 5.74) is 1.23. The maximum absolute atomic E-state index is 4.47. The summed E-state index contributed by atoms with van der Waals surface area (Å²) in [7, 11) is 2.10. The van der Waals surface area contributed by atoms with Crippen LogP contribution in [-0.2, 0) is 6.42 Å². The molecule has 4 heteroatoms. The van der Waals surface area contributed by atoms with E-state index in [0.29, 0.717) is 6.04 Å². The van der Waals surface area contributed by atoms with E-state index in [1.165, 1.54) is 18.4 Å². The van der Waals surface area contributed by atoms with E-state index in [-0.39, 0.29) is 0 Å². The molecule has 17 heavy (non-hydrogen) atoms. The number of nitrogens with one attached hydrogen (secondary N) is 1. The highest BCUT2D eigenvalue weighted by Gasteiger charge is 2.19. The number of piperidine rings is 1. The molecule has 0 unspecified atom stereocenters. The van der Waals surface area contributed by atoms with Gasteiger partial charge in [0.1, 0.15) is 0 Å². The molecule has 1 aromatic heterocycles. The van der Waals surface area contributed by atoms with E-state index in [9.17, 15) is 0 Å². The Morgan fingerprint density at radius 2 is 1.94 bits per heavy atom. The van der Waals surface area contributed by atoms with Gasteiger partial charge in [-0.2, -0.15) is 0 Å². The second-order valence-electron chi connectivity index (χ2n) is 4.73. The Morgan fingerprint density at radius 3 is 2.53 bits per heavy atom. The molecule has 0 bridgehead atoms. The van der Waals surface area contributed by atoms with Crippen molar-refractivity contribution < 1.29 is 0 Å². The average Bonchev–Trinajstić information content (AvgIpc) is 2.40. The van der Waals surface area contributed by atoms with Gasteiger partial charge >= 0.3 is 0 Å². The Kier molecular flexibility index (Phi) is 4.31. The number of anilines is 1. The zero-order valence-corrected chi connectivity index (χ0v) is 10.8. The molecule has 1 aliphatic heterocycles. The minimum absolute atomic E-state index is 0.577. The maximum atomic E-state index is 4.47. The van der Waals surface area contributed by atoms with Crippen LogP contribution in [0.2, 0.25) is 0 Å². The Bertz CT molecular complexity index is 330. The Morgan fingerprint density at radius 1 is 1.29 bits per heavy atom. The largest absolute Gasteiger partial charge is 0.341 e. The molecule has 2 rings (SSSR count). The van der Waals surface area contributed by atoms with Crippen molar-refractivity contribution in [2.24, 2.45) is 0 Å². The van der Waals surface area contributed by atoms with Crippen molar-refractivity contribution in [2.75, 3.05) is 25.0 Å². The second-order valence-corrected chi connectivity index (χ2v) is 4.73. The fourth-order valence-electron chi connectivity index (χ4n) is 2.31. The molecule has 1 saturated heterocycles. The van der Waals surface area contributed by atoms with Crippen molar-refractivity contribution in [2.45, 2.75) is 38.6 Å². The van der Waals surface area contributed by atoms with Gasteiger partial charge in [0.25, 0.3) is 0 Å². The molecule has 0 aliphatic carbocycles. The highest BCUT2D eigenvalue weighted by molar-refractivity contribution is 5.30. The monoisotopic (exact) mass is 234 g/mol. The molecule has 1 fully saturated rings. The van der Waals surface area contributed by atoms with Crippen molar-refractivity contribution in [1.82, 2.24) is 15.3 Å². The zero-order valence-electron chi connectivity index (χ0n) is 10.8. The van der Waals surface area contributed by atoms with Gasteiger partial charge in [-0.15, -0.1) is 0 Å². The second kappa shape index (κ2) is 5.96. The Labute approximate surface area is 103 Å². The molecule has 94 valence electrons. The third kappa shape index (κ3) is 3.16. The lowest BCUT2D eigenvalue weighted by atomic mass is 10.1. The number of nitrogens with zero attached hydrogens (tertiary/aromatic N) is 3. The summed E-state index contributed by atoms with van der Waals surface area (Å²) in [5, 5.41) is 3.38. The molecule has 1 N–H and O–H groups in total. The summed E-state index contributed by atoms with van der Waals surface area (Å²) in [6.07, 6.45) is 8.49. The Hall–Kier alpha value is -1.16. The van der Waals surface area contributed by atoms with E-state index in [4.69, 9.17) is 0 Å². The number of rotatable bonds is 4. The Balaban J connectivity index is 2.00. The maximum Gasteiger partial charge on any atom is 0.225 e. The third-order valence-corrected chi connectivity index (χ3v) is 3.40. The van der Waals surface area contributed by atoms with Crippen LogP contribution >= 0.6 is 0 Å². The molecule has 4 nitrogen and oxygen atoms in total. The van der Waals surface area contributed by atoms with Gasteiger partial charge < -0.3 is 10.2 Å². The van der Waals surface area contributed by atoms with Gasteiger partial charge in [0, 0.05) is 25.5 Å². The predicted octanol–water partition coefficient (Wildman–Crippen LogP) is 1.62. The smallest absolute Gasteiger partial charge is 0.225 e. The van der Waals surface area contributed by atoms with Crippen LogP contribution in [0, 0.1) is 0 Å². The zero-order chi connectivity index (χ0) is 12.1. The highest BCUT2D eigenvalue weighted by Crippen LogP contribution is 2.15. The lowest BCUT2D eigenvalue weighted by molar-refractivity contribution is 0.439. The summed E-state index contributed by atoms with van der Waals surface area (Å²) in [4.78, 5) is 11.2. The van der Waals surface area contributed by atoms with Crippen molar-refractivity contribution in [3.63, 3.8) is 0 Å². The summed E-state index contributed by atoms with van der Waals surface area (Å²) in [6.45, 7) is 4.38. The first-order valence-corrected chi connectivity index (χ1v) is 6.55. The molecular weight excluding hydrogens is 212 g/mol. The van der Waals surface area contributed by atoms with Crippen molar-refractivity contribution >= 4 is 5.95 Å². The van der Waals surface area contributed by atoms with E-state index >= 15 is 0 Å². The van der Waals surface area contributed by atoms with Gasteiger partial charge in [-0.3, -0.25) is 0 Å². The van der Waals surface area contributed by atoms with E-state index in [2.05, 4.69) is 34.2 Å². The first kappa shape index (κ1) is 12.3. The lowest BCUT2D eigenvalue weighted by Crippen LogP contribution is -2.41. The minimum atomic E-state index is 0.577. The van der Waals surface area contributed by atoms with Crippen LogP contribution in [-0.4, -0.2) is 36.1 Å². The molecule has 1 aliphatic rings. The van der Waals surface area contributed by atoms with E-state index in [1.54, 1.807) is 0 Å². The van der Waals surface area contributed by atoms with Crippen LogP contribution in [0.3, 0.4) is 0 Å². The summed E-state index contributed by atoms with van der Waals surface area (Å²) in [6, 6.07) is 0.577. The lowest BCUT2D eigenvalue weighted by Gasteiger charge is -2.31. The normalized spacial score (nSPS) is 17.1. The molecule has 0 atom stereocenters. The van der Waals surface area contributed by atoms with Crippen molar-refractivity contribution in [1.29, 1.82) is 0 Å². The topological polar surface area (TPSA) is 41.1 Å². The van der Waals surface area contributed by atoms with Crippen LogP contribution < -0.4 is 10.2 Å². The summed E-state index contributed by atoms with van der Waals surface area (Å²) >= 11 is 0. The van der Waals surface area contributed by atoms with Crippen molar-refractivity contribution in [3.05, 3.63) is 18.0 Å². The van der Waals surface area contributed by atoms with Crippen LogP contribution in [0.4, 0.5) is 5.95 Å². The molecule has 0 saturated carbocycles. The van der Waals surface area contributed by atoms with Crippen molar-refractivity contribution in [3.8, 4) is 0 Å². The molecule has 0 spiro atoms. The predicted molar refractivity (Wildman–Crippen MR) is 70.3 cm³/mol. The fraction of sp³-hybridized carbons (Fsp3) is 0.692. The van der Waals surface area contributed by atoms with Crippen LogP contribution in [0.15, 0.2) is 12.4 Å². The van der Waals surface area contributed by atoms with E-state index < -0.39 is 0 Å². The van der Waals surface area contributed by atoms with Gasteiger partial charge in [-0.25, -0.2) is 9.97 Å². The first-order chi connectivity index (χ1) is 8.31. The number of hydrogen-bond donors (Lipinski definition) is 1. The fourth-order valence-corrected chi connectivity index (χ4v) is 2.31. The highest BCUT2D eigenvalue weighted by atomic mass is 15.3.